The third kappa shape index (κ3) is 5.16. The van der Waals surface area contributed by atoms with Gasteiger partial charge in [-0.3, -0.25) is 4.79 Å². The summed E-state index contributed by atoms with van der Waals surface area (Å²) >= 11 is 0. The van der Waals surface area contributed by atoms with Gasteiger partial charge in [-0.05, 0) is 45.2 Å². The van der Waals surface area contributed by atoms with Gasteiger partial charge in [-0.15, -0.1) is 0 Å². The van der Waals surface area contributed by atoms with Crippen LogP contribution in [0.3, 0.4) is 0 Å². The highest BCUT2D eigenvalue weighted by atomic mass is 16.5. The number of rotatable bonds is 7. The zero-order chi connectivity index (χ0) is 18.4. The Morgan fingerprint density at radius 1 is 1.08 bits per heavy atom. The molecule has 0 spiro atoms. The average Bonchev–Trinajstić information content (AvgIpc) is 2.56. The predicted molar refractivity (Wildman–Crippen MR) is 99.0 cm³/mol. The topological polar surface area (TPSA) is 53.4 Å². The van der Waals surface area contributed by atoms with Crippen molar-refractivity contribution in [3.05, 3.63) is 57.5 Å². The average molecular weight is 344 g/mol. The Morgan fingerprint density at radius 2 is 1.68 bits per heavy atom. The van der Waals surface area contributed by atoms with Crippen LogP contribution in [-0.4, -0.2) is 16.4 Å². The van der Waals surface area contributed by atoms with Gasteiger partial charge >= 0.3 is 0 Å². The fraction of sp³-hybridized carbons (Fsp3) is 0.500. The van der Waals surface area contributed by atoms with Gasteiger partial charge in [-0.2, -0.15) is 5.10 Å². The van der Waals surface area contributed by atoms with Crippen LogP contribution in [0.4, 0.5) is 0 Å². The molecule has 0 fully saturated rings. The van der Waals surface area contributed by atoms with Gasteiger partial charge in [-0.25, -0.2) is 4.68 Å². The Labute approximate surface area is 149 Å². The first-order chi connectivity index (χ1) is 11.8. The smallest absolute Gasteiger partial charge is 0.273 e. The second-order valence-electron chi connectivity index (χ2n) is 7.18. The monoisotopic (exact) mass is 344 g/mol. The molecule has 2 rings (SSSR count). The van der Waals surface area contributed by atoms with Crippen molar-refractivity contribution in [2.45, 2.75) is 59.8 Å². The third-order valence-corrected chi connectivity index (χ3v) is 3.84. The van der Waals surface area contributed by atoms with E-state index in [1.165, 1.54) is 4.68 Å². The SMILES string of the molecule is CCCOCc1ccc(COc2cnn(C(C)(C)C)c(=O)c2C)cc1. The van der Waals surface area contributed by atoms with Crippen molar-refractivity contribution in [3.8, 4) is 5.75 Å². The quantitative estimate of drug-likeness (QED) is 0.717. The van der Waals surface area contributed by atoms with Crippen LogP contribution in [0.5, 0.6) is 5.75 Å². The molecule has 0 N–H and O–H groups in total. The van der Waals surface area contributed by atoms with Gasteiger partial charge in [0.15, 0.2) is 0 Å². The van der Waals surface area contributed by atoms with Gasteiger partial charge in [0.05, 0.1) is 23.9 Å². The first kappa shape index (κ1) is 19.2. The molecule has 0 aliphatic heterocycles. The fourth-order valence-corrected chi connectivity index (χ4v) is 2.37. The fourth-order valence-electron chi connectivity index (χ4n) is 2.37. The van der Waals surface area contributed by atoms with Crippen molar-refractivity contribution >= 4 is 0 Å². The molecule has 0 amide bonds. The second-order valence-corrected chi connectivity index (χ2v) is 7.18. The van der Waals surface area contributed by atoms with Crippen LogP contribution in [0, 0.1) is 6.92 Å². The number of benzene rings is 1. The molecule has 5 heteroatoms. The minimum absolute atomic E-state index is 0.117. The molecule has 0 unspecified atom stereocenters. The Morgan fingerprint density at radius 3 is 2.24 bits per heavy atom. The predicted octanol–water partition coefficient (Wildman–Crippen LogP) is 3.81. The highest BCUT2D eigenvalue weighted by Crippen LogP contribution is 2.17. The third-order valence-electron chi connectivity index (χ3n) is 3.84. The highest BCUT2D eigenvalue weighted by Gasteiger charge is 2.18. The van der Waals surface area contributed by atoms with E-state index in [-0.39, 0.29) is 11.1 Å². The maximum atomic E-state index is 12.4. The molecule has 1 aromatic heterocycles. The first-order valence-electron chi connectivity index (χ1n) is 8.70. The lowest BCUT2D eigenvalue weighted by Gasteiger charge is -2.21. The maximum Gasteiger partial charge on any atom is 0.273 e. The lowest BCUT2D eigenvalue weighted by atomic mass is 10.1. The molecular weight excluding hydrogens is 316 g/mol. The van der Waals surface area contributed by atoms with E-state index in [0.717, 1.165) is 24.2 Å². The minimum Gasteiger partial charge on any atom is -0.487 e. The summed E-state index contributed by atoms with van der Waals surface area (Å²) in [6.45, 7) is 11.5. The van der Waals surface area contributed by atoms with Crippen molar-refractivity contribution in [2.75, 3.05) is 6.61 Å². The molecule has 0 radical (unpaired) electrons. The molecule has 2 aromatic rings. The summed E-state index contributed by atoms with van der Waals surface area (Å²) in [6.07, 6.45) is 2.64. The summed E-state index contributed by atoms with van der Waals surface area (Å²) in [6, 6.07) is 8.11. The zero-order valence-corrected chi connectivity index (χ0v) is 15.8. The van der Waals surface area contributed by atoms with Crippen LogP contribution in [-0.2, 0) is 23.5 Å². The highest BCUT2D eigenvalue weighted by molar-refractivity contribution is 5.28. The van der Waals surface area contributed by atoms with Gasteiger partial charge in [0.1, 0.15) is 12.4 Å². The Kier molecular flexibility index (Phi) is 6.37. The van der Waals surface area contributed by atoms with E-state index < -0.39 is 0 Å². The molecule has 1 heterocycles. The summed E-state index contributed by atoms with van der Waals surface area (Å²) in [4.78, 5) is 12.4. The number of hydrogen-bond acceptors (Lipinski definition) is 4. The van der Waals surface area contributed by atoms with Crippen LogP contribution in [0.2, 0.25) is 0 Å². The van der Waals surface area contributed by atoms with E-state index in [4.69, 9.17) is 9.47 Å². The molecule has 136 valence electrons. The second kappa shape index (κ2) is 8.30. The van der Waals surface area contributed by atoms with Gasteiger partial charge in [0, 0.05) is 6.61 Å². The van der Waals surface area contributed by atoms with Crippen LogP contribution in [0.1, 0.15) is 50.8 Å². The van der Waals surface area contributed by atoms with Gasteiger partial charge < -0.3 is 9.47 Å². The van der Waals surface area contributed by atoms with Crippen molar-refractivity contribution in [1.29, 1.82) is 0 Å². The van der Waals surface area contributed by atoms with Crippen LogP contribution < -0.4 is 10.3 Å². The van der Waals surface area contributed by atoms with E-state index in [0.29, 0.717) is 24.5 Å². The standard InChI is InChI=1S/C20H28N2O3/c1-6-11-24-13-16-7-9-17(10-8-16)14-25-18-12-21-22(20(3,4)5)19(23)15(18)2/h7-10,12H,6,11,13-14H2,1-5H3. The summed E-state index contributed by atoms with van der Waals surface area (Å²) in [5, 5.41) is 4.24. The zero-order valence-electron chi connectivity index (χ0n) is 15.8. The molecule has 1 aromatic carbocycles. The molecule has 0 bridgehead atoms. The van der Waals surface area contributed by atoms with Gasteiger partial charge in [0.2, 0.25) is 0 Å². The number of ether oxygens (including phenoxy) is 2. The normalized spacial score (nSPS) is 11.6. The van der Waals surface area contributed by atoms with Crippen LogP contribution in [0.15, 0.2) is 35.3 Å². The Balaban J connectivity index is 2.02. The number of nitrogens with zero attached hydrogens (tertiary/aromatic N) is 2. The van der Waals surface area contributed by atoms with Crippen molar-refractivity contribution in [3.63, 3.8) is 0 Å². The van der Waals surface area contributed by atoms with Gasteiger partial charge in [0.25, 0.3) is 5.56 Å². The van der Waals surface area contributed by atoms with Crippen LogP contribution in [0.25, 0.3) is 0 Å². The van der Waals surface area contributed by atoms with E-state index in [1.54, 1.807) is 13.1 Å². The Bertz CT molecular complexity index is 743. The minimum atomic E-state index is -0.351. The molecule has 0 atom stereocenters. The van der Waals surface area contributed by atoms with Crippen molar-refractivity contribution < 1.29 is 9.47 Å². The van der Waals surface area contributed by atoms with Crippen molar-refractivity contribution in [2.24, 2.45) is 0 Å². The first-order valence-corrected chi connectivity index (χ1v) is 8.70. The summed E-state index contributed by atoms with van der Waals surface area (Å²) < 4.78 is 12.8. The molecular formula is C20H28N2O3. The molecule has 0 saturated heterocycles. The largest absolute Gasteiger partial charge is 0.487 e. The van der Waals surface area contributed by atoms with E-state index in [2.05, 4.69) is 12.0 Å². The number of aromatic nitrogens is 2. The maximum absolute atomic E-state index is 12.4. The summed E-state index contributed by atoms with van der Waals surface area (Å²) in [5.41, 5.74) is 2.29. The summed E-state index contributed by atoms with van der Waals surface area (Å²) in [5.74, 6) is 0.529. The lowest BCUT2D eigenvalue weighted by Crippen LogP contribution is -2.37. The molecule has 0 saturated carbocycles. The Hall–Kier alpha value is -2.14. The van der Waals surface area contributed by atoms with Crippen molar-refractivity contribution in [1.82, 2.24) is 9.78 Å². The van der Waals surface area contributed by atoms with E-state index >= 15 is 0 Å². The van der Waals surface area contributed by atoms with E-state index in [9.17, 15) is 4.79 Å². The van der Waals surface area contributed by atoms with Gasteiger partial charge in [-0.1, -0.05) is 31.2 Å². The lowest BCUT2D eigenvalue weighted by molar-refractivity contribution is 0.121. The molecule has 5 nitrogen and oxygen atoms in total. The number of hydrogen-bond donors (Lipinski definition) is 0. The van der Waals surface area contributed by atoms with Crippen LogP contribution >= 0.6 is 0 Å². The molecule has 0 aliphatic rings. The molecule has 0 aliphatic carbocycles. The summed E-state index contributed by atoms with van der Waals surface area (Å²) in [7, 11) is 0. The molecule has 25 heavy (non-hydrogen) atoms. The van der Waals surface area contributed by atoms with E-state index in [1.807, 2.05) is 45.0 Å².